The zero-order chi connectivity index (χ0) is 22.3. The van der Waals surface area contributed by atoms with Crippen LogP contribution in [0.2, 0.25) is 5.02 Å². The molecule has 0 radical (unpaired) electrons. The van der Waals surface area contributed by atoms with E-state index in [4.69, 9.17) is 16.3 Å². The summed E-state index contributed by atoms with van der Waals surface area (Å²) >= 11 is 6.11. The van der Waals surface area contributed by atoms with Gasteiger partial charge in [0.2, 0.25) is 0 Å². The number of H-pyrrole nitrogens is 1. The van der Waals surface area contributed by atoms with Crippen molar-refractivity contribution in [2.45, 2.75) is 26.8 Å². The highest BCUT2D eigenvalue weighted by Crippen LogP contribution is 2.30. The summed E-state index contributed by atoms with van der Waals surface area (Å²) in [7, 11) is 1.83. The minimum atomic E-state index is -0.741. The maximum atomic E-state index is 12.4. The standard InChI is InChI=1S/C21H20ClN7O2/c1-11(21(2,3)10-23)26-20(30)31-16-9-25-19-18(16)27-14(8-24-19)17-13-6-5-12(22)7-15(13)29(4)28-17/h5-9,11H,1-4H3,(H,24,25)(H,26,30)/t11-/m0/s1. The summed E-state index contributed by atoms with van der Waals surface area (Å²) in [5.41, 5.74) is 2.17. The second kappa shape index (κ2) is 7.56. The van der Waals surface area contributed by atoms with Crippen molar-refractivity contribution in [3.05, 3.63) is 35.6 Å². The smallest absolute Gasteiger partial charge is 0.406 e. The van der Waals surface area contributed by atoms with Gasteiger partial charge in [0.15, 0.2) is 16.9 Å². The van der Waals surface area contributed by atoms with Crippen LogP contribution in [-0.4, -0.2) is 36.9 Å². The molecule has 9 nitrogen and oxygen atoms in total. The first-order chi connectivity index (χ1) is 14.7. The van der Waals surface area contributed by atoms with Crippen molar-refractivity contribution in [1.29, 1.82) is 5.26 Å². The van der Waals surface area contributed by atoms with Gasteiger partial charge in [0.25, 0.3) is 0 Å². The summed E-state index contributed by atoms with van der Waals surface area (Å²) in [6.07, 6.45) is 2.45. The van der Waals surface area contributed by atoms with Crippen LogP contribution >= 0.6 is 11.6 Å². The maximum Gasteiger partial charge on any atom is 0.412 e. The minimum Gasteiger partial charge on any atom is -0.406 e. The number of hydrogen-bond acceptors (Lipinski definition) is 6. The molecule has 31 heavy (non-hydrogen) atoms. The SMILES string of the molecule is C[C@H](NC(=O)Oc1c[nH]c2ncc(-c3nn(C)c4cc(Cl)ccc34)nc12)C(C)(C)C#N. The van der Waals surface area contributed by atoms with Crippen molar-refractivity contribution in [2.75, 3.05) is 0 Å². The second-order valence-electron chi connectivity index (χ2n) is 7.83. The molecular formula is C21H20ClN7O2. The van der Waals surface area contributed by atoms with Crippen LogP contribution in [0.5, 0.6) is 5.75 Å². The van der Waals surface area contributed by atoms with Crippen molar-refractivity contribution in [2.24, 2.45) is 12.5 Å². The molecule has 2 N–H and O–H groups in total. The molecule has 1 aromatic carbocycles. The first-order valence-corrected chi connectivity index (χ1v) is 9.94. The van der Waals surface area contributed by atoms with Gasteiger partial charge in [0, 0.05) is 29.7 Å². The molecule has 0 aliphatic heterocycles. The number of halogens is 1. The number of ether oxygens (including phenoxy) is 1. The summed E-state index contributed by atoms with van der Waals surface area (Å²) in [4.78, 5) is 24.3. The van der Waals surface area contributed by atoms with Crippen LogP contribution < -0.4 is 10.1 Å². The largest absolute Gasteiger partial charge is 0.412 e. The van der Waals surface area contributed by atoms with Crippen LogP contribution in [0.15, 0.2) is 30.6 Å². The number of fused-ring (bicyclic) bond motifs is 2. The van der Waals surface area contributed by atoms with Gasteiger partial charge in [-0.15, -0.1) is 0 Å². The lowest BCUT2D eigenvalue weighted by molar-refractivity contribution is 0.189. The molecule has 0 spiro atoms. The number of aryl methyl sites for hydroxylation is 1. The number of benzene rings is 1. The molecule has 1 atom stereocenters. The zero-order valence-corrected chi connectivity index (χ0v) is 18.2. The van der Waals surface area contributed by atoms with Crippen LogP contribution in [-0.2, 0) is 7.05 Å². The van der Waals surface area contributed by atoms with Gasteiger partial charge in [-0.05, 0) is 39.0 Å². The molecule has 0 bridgehead atoms. The van der Waals surface area contributed by atoms with Crippen molar-refractivity contribution in [3.8, 4) is 23.2 Å². The Labute approximate surface area is 183 Å². The Hall–Kier alpha value is -3.64. The molecule has 10 heteroatoms. The van der Waals surface area contributed by atoms with Crippen molar-refractivity contribution in [3.63, 3.8) is 0 Å². The number of aromatic nitrogens is 5. The number of carbonyl (C=O) groups is 1. The highest BCUT2D eigenvalue weighted by atomic mass is 35.5. The summed E-state index contributed by atoms with van der Waals surface area (Å²) in [6, 6.07) is 7.26. The molecule has 3 aromatic heterocycles. The highest BCUT2D eigenvalue weighted by molar-refractivity contribution is 6.31. The van der Waals surface area contributed by atoms with E-state index in [0.29, 0.717) is 27.6 Å². The first kappa shape index (κ1) is 20.6. The highest BCUT2D eigenvalue weighted by Gasteiger charge is 2.28. The number of aromatic amines is 1. The molecule has 1 amide bonds. The second-order valence-corrected chi connectivity index (χ2v) is 8.26. The number of nitrogens with one attached hydrogen (secondary N) is 2. The van der Waals surface area contributed by atoms with Gasteiger partial charge in [-0.1, -0.05) is 11.6 Å². The van der Waals surface area contributed by atoms with Gasteiger partial charge in [0.1, 0.15) is 11.4 Å². The fraction of sp³-hybridized carbons (Fsp3) is 0.286. The van der Waals surface area contributed by atoms with E-state index >= 15 is 0 Å². The van der Waals surface area contributed by atoms with E-state index < -0.39 is 17.6 Å². The topological polar surface area (TPSA) is 122 Å². The Morgan fingerprint density at radius 2 is 2.19 bits per heavy atom. The minimum absolute atomic E-state index is 0.229. The predicted octanol–water partition coefficient (Wildman–Crippen LogP) is 4.19. The molecule has 4 rings (SSSR count). The van der Waals surface area contributed by atoms with E-state index in [-0.39, 0.29) is 5.75 Å². The number of nitrogens with zero attached hydrogens (tertiary/aromatic N) is 5. The summed E-state index contributed by atoms with van der Waals surface area (Å²) in [6.45, 7) is 5.23. The number of nitriles is 1. The van der Waals surface area contributed by atoms with E-state index in [1.807, 2.05) is 19.2 Å². The van der Waals surface area contributed by atoms with Crippen molar-refractivity contribution >= 4 is 39.8 Å². The monoisotopic (exact) mass is 437 g/mol. The quantitative estimate of drug-likeness (QED) is 0.493. The summed E-state index contributed by atoms with van der Waals surface area (Å²) < 4.78 is 7.17. The van der Waals surface area contributed by atoms with Gasteiger partial charge in [-0.25, -0.2) is 14.8 Å². The number of hydrogen-bond donors (Lipinski definition) is 2. The third-order valence-electron chi connectivity index (χ3n) is 5.31. The summed E-state index contributed by atoms with van der Waals surface area (Å²) in [5.74, 6) is 0.229. The molecule has 4 aromatic rings. The zero-order valence-electron chi connectivity index (χ0n) is 17.4. The lowest BCUT2D eigenvalue weighted by atomic mass is 9.87. The van der Waals surface area contributed by atoms with Crippen molar-refractivity contribution < 1.29 is 9.53 Å². The molecule has 3 heterocycles. The lowest BCUT2D eigenvalue weighted by Crippen LogP contribution is -2.43. The third kappa shape index (κ3) is 3.78. The average Bonchev–Trinajstić information content (AvgIpc) is 3.28. The number of amides is 1. The van der Waals surface area contributed by atoms with Crippen LogP contribution in [0, 0.1) is 16.7 Å². The number of carbonyl (C=O) groups excluding carboxylic acids is 1. The van der Waals surface area contributed by atoms with E-state index in [1.54, 1.807) is 37.7 Å². The molecule has 0 aliphatic rings. The molecule has 0 fully saturated rings. The molecule has 0 aliphatic carbocycles. The molecule has 158 valence electrons. The molecule has 0 saturated carbocycles. The van der Waals surface area contributed by atoms with Crippen LogP contribution in [0.3, 0.4) is 0 Å². The maximum absolute atomic E-state index is 12.4. The van der Waals surface area contributed by atoms with Crippen LogP contribution in [0.1, 0.15) is 20.8 Å². The van der Waals surface area contributed by atoms with E-state index in [1.165, 1.54) is 6.20 Å². The average molecular weight is 438 g/mol. The van der Waals surface area contributed by atoms with Gasteiger partial charge in [-0.2, -0.15) is 10.4 Å². The normalized spacial score (nSPS) is 12.6. The van der Waals surface area contributed by atoms with Gasteiger partial charge in [-0.3, -0.25) is 4.68 Å². The van der Waals surface area contributed by atoms with Gasteiger partial charge < -0.3 is 15.0 Å². The Bertz CT molecular complexity index is 1350. The Balaban J connectivity index is 1.66. The first-order valence-electron chi connectivity index (χ1n) is 9.56. The summed E-state index contributed by atoms with van der Waals surface area (Å²) in [5, 5.41) is 18.0. The van der Waals surface area contributed by atoms with E-state index in [2.05, 4.69) is 31.4 Å². The Kier molecular flexibility index (Phi) is 5.03. The Morgan fingerprint density at radius 1 is 1.42 bits per heavy atom. The third-order valence-corrected chi connectivity index (χ3v) is 5.54. The van der Waals surface area contributed by atoms with Gasteiger partial charge in [0.05, 0.1) is 23.2 Å². The predicted molar refractivity (Wildman–Crippen MR) is 117 cm³/mol. The fourth-order valence-corrected chi connectivity index (χ4v) is 3.23. The number of rotatable bonds is 4. The fourth-order valence-electron chi connectivity index (χ4n) is 3.06. The van der Waals surface area contributed by atoms with Crippen LogP contribution in [0.4, 0.5) is 4.79 Å². The molecular weight excluding hydrogens is 418 g/mol. The lowest BCUT2D eigenvalue weighted by Gasteiger charge is -2.24. The van der Waals surface area contributed by atoms with E-state index in [9.17, 15) is 10.1 Å². The molecule has 0 unspecified atom stereocenters. The Morgan fingerprint density at radius 3 is 2.94 bits per heavy atom. The van der Waals surface area contributed by atoms with Crippen LogP contribution in [0.25, 0.3) is 33.5 Å². The van der Waals surface area contributed by atoms with Crippen molar-refractivity contribution in [1.82, 2.24) is 30.0 Å². The molecule has 0 saturated heterocycles. The van der Waals surface area contributed by atoms with E-state index in [0.717, 1.165) is 10.9 Å². The van der Waals surface area contributed by atoms with Gasteiger partial charge >= 0.3 is 6.09 Å².